The lowest BCUT2D eigenvalue weighted by Gasteiger charge is -2.28. The molecule has 4 rings (SSSR count). The molecule has 0 aromatic heterocycles. The van der Waals surface area contributed by atoms with E-state index in [-0.39, 0.29) is 17.0 Å². The minimum Gasteiger partial charge on any atom is -1.00 e. The van der Waals surface area contributed by atoms with Gasteiger partial charge in [0.05, 0.1) is 6.16 Å². The largest absolute Gasteiger partial charge is 1.00 e. The highest BCUT2D eigenvalue weighted by molar-refractivity contribution is 14.1. The molecule has 140 valence electrons. The van der Waals surface area contributed by atoms with Crippen LogP contribution in [0.3, 0.4) is 0 Å². The van der Waals surface area contributed by atoms with E-state index in [9.17, 15) is 0 Å². The van der Waals surface area contributed by atoms with Gasteiger partial charge in [-0.3, -0.25) is 0 Å². The average molecular weight is 559 g/mol. The molecule has 0 saturated heterocycles. The smallest absolute Gasteiger partial charge is 0.116 e. The van der Waals surface area contributed by atoms with Crippen molar-refractivity contribution in [2.24, 2.45) is 0 Å². The fourth-order valence-corrected chi connectivity index (χ4v) is 8.52. The quantitative estimate of drug-likeness (QED) is 0.261. The zero-order valence-corrected chi connectivity index (χ0v) is 20.0. The zero-order valence-electron chi connectivity index (χ0n) is 15.4. The van der Waals surface area contributed by atoms with Gasteiger partial charge in [-0.05, 0) is 76.7 Å². The molecule has 0 unspecified atom stereocenters. The van der Waals surface area contributed by atoms with E-state index in [0.717, 1.165) is 6.16 Å². The summed E-state index contributed by atoms with van der Waals surface area (Å²) in [5.74, 6) is 0. The van der Waals surface area contributed by atoms with Gasteiger partial charge in [-0.15, -0.1) is 0 Å². The minimum atomic E-state index is -1.80. The van der Waals surface area contributed by atoms with E-state index < -0.39 is 7.26 Å². The van der Waals surface area contributed by atoms with Gasteiger partial charge in [-0.25, -0.2) is 0 Å². The lowest BCUT2D eigenvalue weighted by atomic mass is 10.2. The average Bonchev–Trinajstić information content (AvgIpc) is 2.74. The summed E-state index contributed by atoms with van der Waals surface area (Å²) in [6.45, 7) is 0. The summed E-state index contributed by atoms with van der Waals surface area (Å²) in [6, 6.07) is 42.1. The highest BCUT2D eigenvalue weighted by Gasteiger charge is 2.45. The van der Waals surface area contributed by atoms with Crippen LogP contribution in [0.15, 0.2) is 115 Å². The molecular weight excluding hydrogens is 538 g/mol. The molecule has 0 aliphatic heterocycles. The maximum atomic E-state index is 2.41. The molecule has 0 nitrogen and oxygen atoms in total. The van der Waals surface area contributed by atoms with Crippen molar-refractivity contribution in [3.63, 3.8) is 0 Å². The van der Waals surface area contributed by atoms with Crippen molar-refractivity contribution in [2.45, 2.75) is 6.16 Å². The fourth-order valence-electron chi connectivity index (χ4n) is 3.68. The summed E-state index contributed by atoms with van der Waals surface area (Å²) >= 11 is 2.41. The van der Waals surface area contributed by atoms with Crippen LogP contribution in [0.25, 0.3) is 0 Å². The molecule has 0 heterocycles. The Bertz CT molecular complexity index is 907. The number of halogens is 2. The number of rotatable bonds is 5. The molecule has 0 amide bonds. The first-order chi connectivity index (χ1) is 13.3. The Labute approximate surface area is 192 Å². The molecule has 0 atom stereocenters. The van der Waals surface area contributed by atoms with Crippen LogP contribution in [-0.2, 0) is 6.16 Å². The van der Waals surface area contributed by atoms with Crippen LogP contribution in [0, 0.1) is 3.57 Å². The molecule has 3 heteroatoms. The van der Waals surface area contributed by atoms with Crippen LogP contribution in [-0.4, -0.2) is 0 Å². The Balaban J connectivity index is 0.00000225. The van der Waals surface area contributed by atoms with Crippen LogP contribution >= 0.6 is 29.9 Å². The highest BCUT2D eigenvalue weighted by atomic mass is 127. The van der Waals surface area contributed by atoms with Gasteiger partial charge in [0.1, 0.15) is 23.2 Å². The molecule has 0 fully saturated rings. The summed E-state index contributed by atoms with van der Waals surface area (Å²) in [5.41, 5.74) is 1.40. The molecular formula is C25H21BrIP. The topological polar surface area (TPSA) is 0 Å². The van der Waals surface area contributed by atoms with E-state index >= 15 is 0 Å². The fraction of sp³-hybridized carbons (Fsp3) is 0.0400. The van der Waals surface area contributed by atoms with Crippen molar-refractivity contribution in [3.05, 3.63) is 124 Å². The summed E-state index contributed by atoms with van der Waals surface area (Å²) in [6.07, 6.45) is 1.03. The monoisotopic (exact) mass is 558 g/mol. The SMILES string of the molecule is Ic1cccc(C[P+](c2ccccc2)(c2ccccc2)c2ccccc2)c1.[Br-]. The first-order valence-corrected chi connectivity index (χ1v) is 12.1. The van der Waals surface area contributed by atoms with E-state index in [1.807, 2.05) is 0 Å². The molecule has 0 spiro atoms. The summed E-state index contributed by atoms with van der Waals surface area (Å²) in [4.78, 5) is 0. The van der Waals surface area contributed by atoms with Crippen LogP contribution in [0.1, 0.15) is 5.56 Å². The standard InChI is InChI=1S/C25H21IP.BrH/c26-22-12-10-11-21(19-22)20-27(23-13-4-1-5-14-23,24-15-6-2-7-16-24)25-17-8-3-9-18-25;/h1-19H,20H2;1H/q+1;/p-1. The third-order valence-electron chi connectivity index (χ3n) is 4.90. The van der Waals surface area contributed by atoms with Crippen molar-refractivity contribution in [3.8, 4) is 0 Å². The summed E-state index contributed by atoms with van der Waals surface area (Å²) in [5, 5.41) is 4.30. The predicted molar refractivity (Wildman–Crippen MR) is 128 cm³/mol. The Kier molecular flexibility index (Phi) is 7.45. The molecule has 0 radical (unpaired) electrons. The molecule has 0 saturated carbocycles. The second-order valence-electron chi connectivity index (χ2n) is 6.60. The van der Waals surface area contributed by atoms with Crippen molar-refractivity contribution in [1.82, 2.24) is 0 Å². The second-order valence-corrected chi connectivity index (χ2v) is 11.3. The van der Waals surface area contributed by atoms with Gasteiger partial charge >= 0.3 is 0 Å². The first-order valence-electron chi connectivity index (χ1n) is 9.08. The van der Waals surface area contributed by atoms with Crippen LogP contribution in [0.5, 0.6) is 0 Å². The van der Waals surface area contributed by atoms with Gasteiger partial charge in [-0.1, -0.05) is 66.7 Å². The van der Waals surface area contributed by atoms with Crippen molar-refractivity contribution in [1.29, 1.82) is 0 Å². The number of hydrogen-bond donors (Lipinski definition) is 0. The van der Waals surface area contributed by atoms with Gasteiger partial charge in [0.2, 0.25) is 0 Å². The van der Waals surface area contributed by atoms with Crippen LogP contribution in [0.4, 0.5) is 0 Å². The zero-order chi connectivity index (χ0) is 18.5. The summed E-state index contributed by atoms with van der Waals surface area (Å²) in [7, 11) is -1.80. The van der Waals surface area contributed by atoms with E-state index in [2.05, 4.69) is 138 Å². The van der Waals surface area contributed by atoms with Gasteiger partial charge in [0.15, 0.2) is 0 Å². The molecule has 0 aliphatic carbocycles. The van der Waals surface area contributed by atoms with E-state index in [4.69, 9.17) is 0 Å². The van der Waals surface area contributed by atoms with Crippen molar-refractivity contribution >= 4 is 45.8 Å². The molecule has 4 aromatic carbocycles. The Morgan fingerprint density at radius 3 is 1.36 bits per heavy atom. The Morgan fingerprint density at radius 1 is 0.536 bits per heavy atom. The molecule has 0 bridgehead atoms. The van der Waals surface area contributed by atoms with Crippen LogP contribution in [0.2, 0.25) is 0 Å². The van der Waals surface area contributed by atoms with Gasteiger partial charge in [-0.2, -0.15) is 0 Å². The third kappa shape index (κ3) is 4.40. The molecule has 0 aliphatic rings. The van der Waals surface area contributed by atoms with Crippen LogP contribution < -0.4 is 32.9 Å². The number of hydrogen-bond acceptors (Lipinski definition) is 0. The summed E-state index contributed by atoms with van der Waals surface area (Å²) < 4.78 is 1.29. The van der Waals surface area contributed by atoms with Gasteiger partial charge in [0, 0.05) is 3.57 Å². The molecule has 4 aromatic rings. The highest BCUT2D eigenvalue weighted by Crippen LogP contribution is 2.58. The third-order valence-corrected chi connectivity index (χ3v) is 9.95. The lowest BCUT2D eigenvalue weighted by molar-refractivity contribution is -0.00000508. The maximum Gasteiger partial charge on any atom is 0.116 e. The minimum absolute atomic E-state index is 0. The normalized spacial score (nSPS) is 10.9. The van der Waals surface area contributed by atoms with Gasteiger partial charge in [0.25, 0.3) is 0 Å². The van der Waals surface area contributed by atoms with Gasteiger partial charge < -0.3 is 17.0 Å². The maximum absolute atomic E-state index is 2.41. The second kappa shape index (κ2) is 9.82. The van der Waals surface area contributed by atoms with E-state index in [1.54, 1.807) is 0 Å². The molecule has 0 N–H and O–H groups in total. The Morgan fingerprint density at radius 2 is 0.964 bits per heavy atom. The van der Waals surface area contributed by atoms with E-state index in [1.165, 1.54) is 25.0 Å². The predicted octanol–water partition coefficient (Wildman–Crippen LogP) is 2.79. The van der Waals surface area contributed by atoms with Crippen molar-refractivity contribution in [2.75, 3.05) is 0 Å². The first kappa shape index (κ1) is 21.2. The Hall–Kier alpha value is -1.48. The van der Waals surface area contributed by atoms with Crippen molar-refractivity contribution < 1.29 is 17.0 Å². The lowest BCUT2D eigenvalue weighted by Crippen LogP contribution is -3.00. The number of benzene rings is 4. The molecule has 28 heavy (non-hydrogen) atoms. The van der Waals surface area contributed by atoms with E-state index in [0.29, 0.717) is 0 Å².